The maximum atomic E-state index is 13.8. The molecule has 38 heavy (non-hydrogen) atoms. The Hall–Kier alpha value is -2.84. The van der Waals surface area contributed by atoms with E-state index in [1.54, 1.807) is 12.1 Å². The molecule has 2 aromatic rings. The summed E-state index contributed by atoms with van der Waals surface area (Å²) in [4.78, 5) is 37.5. The highest BCUT2D eigenvalue weighted by molar-refractivity contribution is 5.97. The molecule has 1 aromatic carbocycles. The van der Waals surface area contributed by atoms with Crippen molar-refractivity contribution in [3.63, 3.8) is 0 Å². The second-order valence-corrected chi connectivity index (χ2v) is 12.3. The van der Waals surface area contributed by atoms with E-state index in [2.05, 4.69) is 44.0 Å². The van der Waals surface area contributed by atoms with Crippen molar-refractivity contribution in [3.05, 3.63) is 59.2 Å². The summed E-state index contributed by atoms with van der Waals surface area (Å²) in [7, 11) is 0. The molecule has 0 radical (unpaired) electrons. The number of benzene rings is 1. The molecule has 1 N–H and O–H groups in total. The van der Waals surface area contributed by atoms with E-state index >= 15 is 0 Å². The number of hydrogen-bond donors (Lipinski definition) is 1. The van der Waals surface area contributed by atoms with Gasteiger partial charge in [0.25, 0.3) is 0 Å². The minimum atomic E-state index is -0.252. The van der Waals surface area contributed by atoms with E-state index in [1.807, 2.05) is 22.9 Å². The summed E-state index contributed by atoms with van der Waals surface area (Å²) in [5.74, 6) is 0.440. The molecule has 2 unspecified atom stereocenters. The lowest BCUT2D eigenvalue weighted by Crippen LogP contribution is -2.61. The number of nitrogens with one attached hydrogen (secondary N) is 1. The van der Waals surface area contributed by atoms with Gasteiger partial charge in [-0.15, -0.1) is 0 Å². The number of anilines is 1. The minimum Gasteiger partial charge on any atom is -0.341 e. The molecule has 4 heterocycles. The van der Waals surface area contributed by atoms with Crippen LogP contribution in [-0.2, 0) is 21.4 Å². The van der Waals surface area contributed by atoms with E-state index in [0.717, 1.165) is 42.1 Å². The Bertz CT molecular complexity index is 1200. The van der Waals surface area contributed by atoms with Crippen LogP contribution in [0.1, 0.15) is 51.4 Å². The van der Waals surface area contributed by atoms with Gasteiger partial charge in [-0.2, -0.15) is 0 Å². The number of pyridine rings is 1. The number of likely N-dealkylation sites (tertiary alicyclic amines) is 1. The van der Waals surface area contributed by atoms with Crippen LogP contribution in [0.25, 0.3) is 0 Å². The number of aromatic nitrogens is 1. The molecular formula is C30H40FN5O2. The molecule has 3 aliphatic heterocycles. The van der Waals surface area contributed by atoms with Crippen molar-refractivity contribution >= 4 is 17.5 Å². The molecule has 2 fully saturated rings. The molecule has 8 heteroatoms. The lowest BCUT2D eigenvalue weighted by molar-refractivity contribution is -0.131. The van der Waals surface area contributed by atoms with Crippen molar-refractivity contribution in [3.8, 4) is 0 Å². The fourth-order valence-corrected chi connectivity index (χ4v) is 6.14. The predicted octanol–water partition coefficient (Wildman–Crippen LogP) is 3.21. The number of halogens is 1. The Morgan fingerprint density at radius 2 is 1.87 bits per heavy atom. The highest BCUT2D eigenvalue weighted by atomic mass is 19.1. The van der Waals surface area contributed by atoms with Gasteiger partial charge in [-0.05, 0) is 48.6 Å². The van der Waals surface area contributed by atoms with Crippen LogP contribution in [-0.4, -0.2) is 78.0 Å². The molecule has 0 aliphatic carbocycles. The predicted molar refractivity (Wildman–Crippen MR) is 147 cm³/mol. The fraction of sp³-hybridized carbons (Fsp3) is 0.567. The van der Waals surface area contributed by atoms with Gasteiger partial charge >= 0.3 is 0 Å². The first-order valence-electron chi connectivity index (χ1n) is 13.8. The zero-order valence-electron chi connectivity index (χ0n) is 23.2. The molecule has 3 aliphatic rings. The molecule has 2 amide bonds. The van der Waals surface area contributed by atoms with Crippen LogP contribution >= 0.6 is 0 Å². The smallest absolute Gasteiger partial charge is 0.241 e. The lowest BCUT2D eigenvalue weighted by Gasteiger charge is -2.41. The van der Waals surface area contributed by atoms with Crippen molar-refractivity contribution in [1.82, 2.24) is 20.1 Å². The Morgan fingerprint density at radius 3 is 2.55 bits per heavy atom. The average Bonchev–Trinajstić information content (AvgIpc) is 3.28. The van der Waals surface area contributed by atoms with Gasteiger partial charge in [-0.25, -0.2) is 4.39 Å². The number of fused-ring (bicyclic) bond motifs is 1. The summed E-state index contributed by atoms with van der Waals surface area (Å²) in [6.07, 6.45) is 2.50. The number of carbonyl (C=O) groups is 2. The number of carbonyl (C=O) groups excluding carboxylic acids is 2. The van der Waals surface area contributed by atoms with Gasteiger partial charge in [0.15, 0.2) is 0 Å². The third-order valence-corrected chi connectivity index (χ3v) is 8.59. The number of piperazine rings is 1. The Balaban J connectivity index is 1.33. The van der Waals surface area contributed by atoms with Crippen LogP contribution in [0.3, 0.4) is 0 Å². The molecule has 204 valence electrons. The normalized spacial score (nSPS) is 27.2. The minimum absolute atomic E-state index is 0.0560. The lowest BCUT2D eigenvalue weighted by atomic mass is 9.91. The molecule has 2 saturated heterocycles. The van der Waals surface area contributed by atoms with E-state index in [0.29, 0.717) is 32.0 Å². The molecule has 1 aromatic heterocycles. The van der Waals surface area contributed by atoms with Gasteiger partial charge in [0, 0.05) is 62.3 Å². The van der Waals surface area contributed by atoms with Crippen molar-refractivity contribution in [2.75, 3.05) is 44.2 Å². The topological polar surface area (TPSA) is 68.8 Å². The molecular weight excluding hydrogens is 481 g/mol. The Labute approximate surface area is 225 Å². The van der Waals surface area contributed by atoms with Gasteiger partial charge in [-0.1, -0.05) is 39.8 Å². The van der Waals surface area contributed by atoms with Crippen LogP contribution in [0.5, 0.6) is 0 Å². The molecule has 0 spiro atoms. The highest BCUT2D eigenvalue weighted by Gasteiger charge is 2.42. The summed E-state index contributed by atoms with van der Waals surface area (Å²) in [5, 5.41) is 3.54. The van der Waals surface area contributed by atoms with Crippen molar-refractivity contribution in [2.24, 2.45) is 11.8 Å². The van der Waals surface area contributed by atoms with Crippen LogP contribution in [0.2, 0.25) is 0 Å². The third-order valence-electron chi connectivity index (χ3n) is 8.59. The van der Waals surface area contributed by atoms with Crippen molar-refractivity contribution in [1.29, 1.82) is 0 Å². The largest absolute Gasteiger partial charge is 0.341 e. The summed E-state index contributed by atoms with van der Waals surface area (Å²) < 4.78 is 13.4. The van der Waals surface area contributed by atoms with Crippen LogP contribution in [0.15, 0.2) is 36.5 Å². The molecule has 5 rings (SSSR count). The fourth-order valence-electron chi connectivity index (χ4n) is 6.14. The molecule has 4 atom stereocenters. The van der Waals surface area contributed by atoms with Crippen LogP contribution in [0.4, 0.5) is 10.1 Å². The summed E-state index contributed by atoms with van der Waals surface area (Å²) in [6.45, 7) is 14.4. The van der Waals surface area contributed by atoms with E-state index < -0.39 is 0 Å². The Kier molecular flexibility index (Phi) is 7.31. The van der Waals surface area contributed by atoms with Gasteiger partial charge in [0.1, 0.15) is 5.82 Å². The second kappa shape index (κ2) is 10.4. The first-order valence-corrected chi connectivity index (χ1v) is 13.8. The maximum absolute atomic E-state index is 13.8. The van der Waals surface area contributed by atoms with Crippen LogP contribution < -0.4 is 10.2 Å². The molecule has 0 saturated carbocycles. The van der Waals surface area contributed by atoms with Crippen molar-refractivity contribution < 1.29 is 14.0 Å². The second-order valence-electron chi connectivity index (χ2n) is 12.3. The van der Waals surface area contributed by atoms with E-state index in [9.17, 15) is 14.0 Å². The third kappa shape index (κ3) is 5.34. The van der Waals surface area contributed by atoms with E-state index in [-0.39, 0.29) is 41.0 Å². The Morgan fingerprint density at radius 1 is 1.13 bits per heavy atom. The highest BCUT2D eigenvalue weighted by Crippen LogP contribution is 2.40. The number of amides is 2. The zero-order chi connectivity index (χ0) is 27.2. The van der Waals surface area contributed by atoms with Crippen molar-refractivity contribution in [2.45, 2.75) is 58.5 Å². The zero-order valence-corrected chi connectivity index (χ0v) is 23.2. The number of nitrogens with zero attached hydrogens (tertiary/aromatic N) is 4. The maximum Gasteiger partial charge on any atom is 0.241 e. The number of rotatable bonds is 6. The van der Waals surface area contributed by atoms with Crippen LogP contribution in [0, 0.1) is 17.7 Å². The summed E-state index contributed by atoms with van der Waals surface area (Å²) >= 11 is 0. The quantitative estimate of drug-likeness (QED) is 0.632. The summed E-state index contributed by atoms with van der Waals surface area (Å²) in [6, 6.07) is 8.95. The SMILES string of the molecule is CC1CN(C[C@H]2CN[C@H](C)CN2CC(=O)N2CC(C)(C)c3ncc(Cc4ccc(F)cc4)cc32)C(=O)C1C. The van der Waals surface area contributed by atoms with Gasteiger partial charge in [-0.3, -0.25) is 19.5 Å². The first-order chi connectivity index (χ1) is 18.0. The monoisotopic (exact) mass is 521 g/mol. The standard InChI is InChI=1S/C30H40FN5O2/c1-19-14-35(29(38)21(19)3)16-25-13-32-20(2)15-34(25)17-27(37)36-18-30(4,5)28-26(36)11-23(12-33-28)10-22-6-8-24(31)9-7-22/h6-9,11-12,19-21,25,32H,10,13-18H2,1-5H3/t19?,20-,21?,25-/m1/s1. The average molecular weight is 522 g/mol. The first kappa shape index (κ1) is 26.8. The van der Waals surface area contributed by atoms with E-state index in [4.69, 9.17) is 4.98 Å². The van der Waals surface area contributed by atoms with Gasteiger partial charge in [0.2, 0.25) is 11.8 Å². The van der Waals surface area contributed by atoms with Gasteiger partial charge in [0.05, 0.1) is 17.9 Å². The van der Waals surface area contributed by atoms with E-state index in [1.165, 1.54) is 12.1 Å². The summed E-state index contributed by atoms with van der Waals surface area (Å²) in [5.41, 5.74) is 3.56. The van der Waals surface area contributed by atoms with Gasteiger partial charge < -0.3 is 15.1 Å². The molecule has 7 nitrogen and oxygen atoms in total. The molecule has 0 bridgehead atoms. The number of hydrogen-bond acceptors (Lipinski definition) is 5.